The molecule has 2 aromatic rings. The number of rotatable bonds is 3. The first-order valence-corrected chi connectivity index (χ1v) is 5.67. The van der Waals surface area contributed by atoms with Crippen LogP contribution in [0.15, 0.2) is 24.8 Å². The Kier molecular flexibility index (Phi) is 2.58. The molecule has 2 rings (SSSR count). The molecule has 0 N–H and O–H groups in total. The maximum Gasteiger partial charge on any atom is 0.208 e. The molecule has 4 nitrogen and oxygen atoms in total. The normalized spacial score (nSPS) is 12.2. The molecule has 0 aliphatic carbocycles. The van der Waals surface area contributed by atoms with Crippen LogP contribution in [0.4, 0.5) is 0 Å². The summed E-state index contributed by atoms with van der Waals surface area (Å²) in [7, 11) is 0. The Hall–Kier alpha value is -1.58. The molecule has 0 aliphatic rings. The third kappa shape index (κ3) is 1.54. The van der Waals surface area contributed by atoms with E-state index >= 15 is 0 Å². The van der Waals surface area contributed by atoms with Crippen LogP contribution in [-0.4, -0.2) is 9.55 Å². The van der Waals surface area contributed by atoms with E-state index in [9.17, 15) is 5.21 Å². The summed E-state index contributed by atoms with van der Waals surface area (Å²) in [5, 5.41) is 11.1. The Labute approximate surface area is 95.1 Å². The summed E-state index contributed by atoms with van der Waals surface area (Å²) in [6.07, 6.45) is 6.95. The highest BCUT2D eigenvalue weighted by Gasteiger charge is 2.24. The summed E-state index contributed by atoms with van der Waals surface area (Å²) in [4.78, 5) is 4.28. The van der Waals surface area contributed by atoms with Crippen LogP contribution in [0.2, 0.25) is 0 Å². The fourth-order valence-electron chi connectivity index (χ4n) is 1.97. The van der Waals surface area contributed by atoms with Gasteiger partial charge in [-0.15, -0.1) is 0 Å². The van der Waals surface area contributed by atoms with Crippen molar-refractivity contribution in [2.45, 2.75) is 39.2 Å². The summed E-state index contributed by atoms with van der Waals surface area (Å²) >= 11 is 0. The molecule has 0 spiro atoms. The predicted molar refractivity (Wildman–Crippen MR) is 62.9 cm³/mol. The molecule has 0 radical (unpaired) electrons. The van der Waals surface area contributed by atoms with Crippen LogP contribution in [0, 0.1) is 5.21 Å². The maximum atomic E-state index is 11.1. The molecule has 0 unspecified atom stereocenters. The second-order valence-corrected chi connectivity index (χ2v) is 4.39. The van der Waals surface area contributed by atoms with Crippen molar-refractivity contribution in [2.75, 3.05) is 0 Å². The highest BCUT2D eigenvalue weighted by Crippen LogP contribution is 2.27. The summed E-state index contributed by atoms with van der Waals surface area (Å²) in [5.41, 5.74) is 1.85. The van der Waals surface area contributed by atoms with Gasteiger partial charge in [-0.2, -0.15) is 4.73 Å². The van der Waals surface area contributed by atoms with E-state index in [4.69, 9.17) is 0 Å². The first kappa shape index (κ1) is 10.9. The molecule has 0 saturated carbocycles. The van der Waals surface area contributed by atoms with Gasteiger partial charge in [0.05, 0.1) is 11.8 Å². The van der Waals surface area contributed by atoms with Gasteiger partial charge >= 0.3 is 0 Å². The van der Waals surface area contributed by atoms with Crippen LogP contribution in [0.3, 0.4) is 0 Å². The first-order chi connectivity index (χ1) is 7.60. The third-order valence-electron chi connectivity index (χ3n) is 3.57. The fraction of sp³-hybridized carbons (Fsp3) is 0.500. The van der Waals surface area contributed by atoms with Crippen molar-refractivity contribution in [1.29, 1.82) is 0 Å². The van der Waals surface area contributed by atoms with Gasteiger partial charge in [-0.3, -0.25) is 0 Å². The minimum Gasteiger partial charge on any atom is -0.619 e. The van der Waals surface area contributed by atoms with Gasteiger partial charge in [0, 0.05) is 11.6 Å². The van der Waals surface area contributed by atoms with Crippen LogP contribution in [-0.2, 0) is 5.54 Å². The summed E-state index contributed by atoms with van der Waals surface area (Å²) in [5.74, 6) is 0. The van der Waals surface area contributed by atoms with Gasteiger partial charge in [-0.1, -0.05) is 13.8 Å². The van der Waals surface area contributed by atoms with Crippen molar-refractivity contribution in [3.63, 3.8) is 0 Å². The average Bonchev–Trinajstić information content (AvgIpc) is 2.71. The van der Waals surface area contributed by atoms with Crippen LogP contribution in [0.1, 0.15) is 33.6 Å². The molecule has 0 atom stereocenters. The maximum absolute atomic E-state index is 11.1. The molecular formula is C12H17N3O. The van der Waals surface area contributed by atoms with E-state index in [2.05, 4.69) is 30.3 Å². The van der Waals surface area contributed by atoms with E-state index in [1.807, 2.05) is 12.4 Å². The van der Waals surface area contributed by atoms with Gasteiger partial charge in [-0.25, -0.2) is 4.98 Å². The minimum atomic E-state index is 0.0732. The summed E-state index contributed by atoms with van der Waals surface area (Å²) < 4.78 is 2.96. The van der Waals surface area contributed by atoms with Crippen LogP contribution in [0.5, 0.6) is 0 Å². The number of pyridine rings is 1. The van der Waals surface area contributed by atoms with Crippen LogP contribution in [0.25, 0.3) is 11.0 Å². The quantitative estimate of drug-likeness (QED) is 0.587. The highest BCUT2D eigenvalue weighted by atomic mass is 16.5. The van der Waals surface area contributed by atoms with E-state index < -0.39 is 0 Å². The van der Waals surface area contributed by atoms with Gasteiger partial charge in [0.25, 0.3) is 0 Å². The van der Waals surface area contributed by atoms with E-state index in [-0.39, 0.29) is 5.54 Å². The summed E-state index contributed by atoms with van der Waals surface area (Å²) in [6, 6.07) is 1.83. The number of imidazole rings is 1. The minimum absolute atomic E-state index is 0.0732. The molecule has 2 heterocycles. The zero-order valence-corrected chi connectivity index (χ0v) is 9.97. The Bertz CT molecular complexity index is 500. The van der Waals surface area contributed by atoms with Crippen molar-refractivity contribution in [3.8, 4) is 0 Å². The lowest BCUT2D eigenvalue weighted by Crippen LogP contribution is -2.28. The van der Waals surface area contributed by atoms with Crippen LogP contribution < -0.4 is 4.73 Å². The Morgan fingerprint density at radius 3 is 2.75 bits per heavy atom. The molecular weight excluding hydrogens is 202 g/mol. The number of fused-ring (bicyclic) bond motifs is 1. The van der Waals surface area contributed by atoms with E-state index in [1.54, 1.807) is 0 Å². The van der Waals surface area contributed by atoms with E-state index in [1.165, 1.54) is 12.4 Å². The number of hydrogen-bond donors (Lipinski definition) is 0. The lowest BCUT2D eigenvalue weighted by molar-refractivity contribution is -0.604. The molecule has 2 aromatic heterocycles. The second kappa shape index (κ2) is 3.77. The van der Waals surface area contributed by atoms with Gasteiger partial charge in [0.15, 0.2) is 11.7 Å². The van der Waals surface area contributed by atoms with Crippen molar-refractivity contribution < 1.29 is 4.73 Å². The summed E-state index contributed by atoms with van der Waals surface area (Å²) in [6.45, 7) is 6.56. The fourth-order valence-corrected chi connectivity index (χ4v) is 1.97. The molecule has 86 valence electrons. The van der Waals surface area contributed by atoms with Gasteiger partial charge < -0.3 is 9.77 Å². The van der Waals surface area contributed by atoms with Gasteiger partial charge in [0.2, 0.25) is 6.20 Å². The zero-order valence-electron chi connectivity index (χ0n) is 9.97. The zero-order chi connectivity index (χ0) is 11.8. The van der Waals surface area contributed by atoms with Crippen molar-refractivity contribution >= 4 is 11.0 Å². The average molecular weight is 219 g/mol. The predicted octanol–water partition coefficient (Wildman–Crippen LogP) is 2.20. The van der Waals surface area contributed by atoms with Gasteiger partial charge in [0.1, 0.15) is 0 Å². The lowest BCUT2D eigenvalue weighted by Gasteiger charge is -2.29. The molecule has 0 fully saturated rings. The SMILES string of the molecule is CCC(C)(CC)n1cnc2c[n+]([O-])ccc21. The van der Waals surface area contributed by atoms with Crippen molar-refractivity contribution in [1.82, 2.24) is 9.55 Å². The molecule has 0 amide bonds. The molecule has 16 heavy (non-hydrogen) atoms. The third-order valence-corrected chi connectivity index (χ3v) is 3.57. The topological polar surface area (TPSA) is 44.8 Å². The molecule has 0 aromatic carbocycles. The van der Waals surface area contributed by atoms with Crippen LogP contribution >= 0.6 is 0 Å². The van der Waals surface area contributed by atoms with E-state index in [0.29, 0.717) is 0 Å². The largest absolute Gasteiger partial charge is 0.619 e. The second-order valence-electron chi connectivity index (χ2n) is 4.39. The first-order valence-electron chi connectivity index (χ1n) is 5.67. The Morgan fingerprint density at radius 1 is 1.44 bits per heavy atom. The standard InChI is InChI=1S/C12H17N3O/c1-4-12(3,5-2)15-9-13-10-8-14(16)7-6-11(10)15/h6-9H,4-5H2,1-3H3. The smallest absolute Gasteiger partial charge is 0.208 e. The Morgan fingerprint density at radius 2 is 2.12 bits per heavy atom. The number of nitrogens with zero attached hydrogens (tertiary/aromatic N) is 3. The Balaban J connectivity index is 2.62. The van der Waals surface area contributed by atoms with Gasteiger partial charge in [-0.05, 0) is 19.8 Å². The van der Waals surface area contributed by atoms with Crippen molar-refractivity contribution in [2.24, 2.45) is 0 Å². The number of aromatic nitrogens is 3. The molecule has 0 aliphatic heterocycles. The molecule has 0 saturated heterocycles. The monoisotopic (exact) mass is 219 g/mol. The number of hydrogen-bond acceptors (Lipinski definition) is 2. The molecule has 0 bridgehead atoms. The highest BCUT2D eigenvalue weighted by molar-refractivity contribution is 5.73. The lowest BCUT2D eigenvalue weighted by atomic mass is 9.95. The molecule has 4 heteroatoms. The van der Waals surface area contributed by atoms with E-state index in [0.717, 1.165) is 28.6 Å². The van der Waals surface area contributed by atoms with Crippen molar-refractivity contribution in [3.05, 3.63) is 30.0 Å².